The summed E-state index contributed by atoms with van der Waals surface area (Å²) >= 11 is 0. The fourth-order valence-corrected chi connectivity index (χ4v) is 4.33. The van der Waals surface area contributed by atoms with E-state index < -0.39 is 0 Å². The van der Waals surface area contributed by atoms with E-state index in [9.17, 15) is 0 Å². The molecule has 25 heavy (non-hydrogen) atoms. The van der Waals surface area contributed by atoms with Gasteiger partial charge in [0.15, 0.2) is 0 Å². The highest BCUT2D eigenvalue weighted by molar-refractivity contribution is 4.60. The topological polar surface area (TPSA) is 3.24 Å². The molecule has 0 atom stereocenters. The van der Waals surface area contributed by atoms with Crippen molar-refractivity contribution in [1.29, 1.82) is 0 Å². The Bertz CT molecular complexity index is 282. The van der Waals surface area contributed by atoms with Crippen LogP contribution in [0.1, 0.15) is 104 Å². The van der Waals surface area contributed by atoms with E-state index in [4.69, 9.17) is 0 Å². The first-order chi connectivity index (χ1) is 12.2. The molecule has 2 heteroatoms. The second-order valence-corrected chi connectivity index (χ2v) is 8.73. The number of rotatable bonds is 16. The van der Waals surface area contributed by atoms with Crippen LogP contribution in [-0.2, 0) is 0 Å². The van der Waals surface area contributed by atoms with Crippen LogP contribution < -0.4 is 0 Å². The molecule has 0 saturated carbocycles. The summed E-state index contributed by atoms with van der Waals surface area (Å²) in [6.07, 6.45) is 20.5. The van der Waals surface area contributed by atoms with E-state index in [0.717, 1.165) is 0 Å². The molecule has 2 nitrogen and oxygen atoms in total. The molecule has 0 unspecified atom stereocenters. The standard InChI is InChI=1S/C23H49N2/c1-4-6-7-8-9-10-11-12-13-14-15-16-17-18-21-25(5-2)22-19-24(3)20-23-25/h4-23H2,1-3H3/q+1. The zero-order chi connectivity index (χ0) is 18.2. The second kappa shape index (κ2) is 15.0. The summed E-state index contributed by atoms with van der Waals surface area (Å²) in [6, 6.07) is 0. The number of likely N-dealkylation sites (N-methyl/N-ethyl adjacent to an activating group) is 2. The first kappa shape index (κ1) is 23.0. The molecule has 0 aromatic rings. The zero-order valence-electron chi connectivity index (χ0n) is 18.0. The van der Waals surface area contributed by atoms with Crippen LogP contribution in [0.4, 0.5) is 0 Å². The van der Waals surface area contributed by atoms with E-state index in [2.05, 4.69) is 25.8 Å². The first-order valence-corrected chi connectivity index (χ1v) is 11.8. The highest BCUT2D eigenvalue weighted by Crippen LogP contribution is 2.16. The Kier molecular flexibility index (Phi) is 13.8. The average Bonchev–Trinajstić information content (AvgIpc) is 2.64. The van der Waals surface area contributed by atoms with E-state index in [-0.39, 0.29) is 0 Å². The van der Waals surface area contributed by atoms with Gasteiger partial charge < -0.3 is 4.48 Å². The van der Waals surface area contributed by atoms with Crippen molar-refractivity contribution >= 4 is 0 Å². The van der Waals surface area contributed by atoms with E-state index in [1.165, 1.54) is 134 Å². The number of unbranched alkanes of at least 4 members (excludes halogenated alkanes) is 13. The third-order valence-corrected chi connectivity index (χ3v) is 6.57. The molecule has 1 saturated heterocycles. The van der Waals surface area contributed by atoms with Crippen LogP contribution in [0.2, 0.25) is 0 Å². The summed E-state index contributed by atoms with van der Waals surface area (Å²) in [5, 5.41) is 0. The van der Waals surface area contributed by atoms with Crippen molar-refractivity contribution in [3.05, 3.63) is 0 Å². The Labute approximate surface area is 159 Å². The number of nitrogens with zero attached hydrogens (tertiary/aromatic N) is 2. The van der Waals surface area contributed by atoms with Gasteiger partial charge in [0, 0.05) is 13.1 Å². The lowest BCUT2D eigenvalue weighted by Crippen LogP contribution is -2.59. The lowest BCUT2D eigenvalue weighted by molar-refractivity contribution is -0.930. The van der Waals surface area contributed by atoms with Gasteiger partial charge in [0.25, 0.3) is 0 Å². The molecule has 0 amide bonds. The molecular formula is C23H49N2+. The highest BCUT2D eigenvalue weighted by Gasteiger charge is 2.29. The maximum atomic E-state index is 2.50. The molecule has 0 N–H and O–H groups in total. The van der Waals surface area contributed by atoms with Gasteiger partial charge in [0.2, 0.25) is 0 Å². The Morgan fingerprint density at radius 2 is 1.00 bits per heavy atom. The van der Waals surface area contributed by atoms with Crippen molar-refractivity contribution in [1.82, 2.24) is 4.90 Å². The molecule has 0 bridgehead atoms. The van der Waals surface area contributed by atoms with Crippen molar-refractivity contribution in [2.75, 3.05) is 46.3 Å². The molecule has 0 aliphatic carbocycles. The van der Waals surface area contributed by atoms with E-state index >= 15 is 0 Å². The summed E-state index contributed by atoms with van der Waals surface area (Å²) in [4.78, 5) is 2.50. The van der Waals surface area contributed by atoms with Gasteiger partial charge in [0.1, 0.15) is 0 Å². The summed E-state index contributed by atoms with van der Waals surface area (Å²) < 4.78 is 1.39. The fourth-order valence-electron chi connectivity index (χ4n) is 4.33. The summed E-state index contributed by atoms with van der Waals surface area (Å²) in [6.45, 7) is 12.8. The lowest BCUT2D eigenvalue weighted by atomic mass is 10.0. The summed E-state index contributed by atoms with van der Waals surface area (Å²) in [5.74, 6) is 0. The van der Waals surface area contributed by atoms with Crippen molar-refractivity contribution in [3.8, 4) is 0 Å². The zero-order valence-corrected chi connectivity index (χ0v) is 18.0. The molecule has 1 heterocycles. The summed E-state index contributed by atoms with van der Waals surface area (Å²) in [7, 11) is 2.27. The van der Waals surface area contributed by atoms with Crippen LogP contribution in [0.5, 0.6) is 0 Å². The third-order valence-electron chi connectivity index (χ3n) is 6.57. The minimum atomic E-state index is 1.30. The Morgan fingerprint density at radius 1 is 0.600 bits per heavy atom. The summed E-state index contributed by atoms with van der Waals surface area (Å²) in [5.41, 5.74) is 0. The molecule has 1 rings (SSSR count). The van der Waals surface area contributed by atoms with Gasteiger partial charge in [-0.25, -0.2) is 0 Å². The minimum Gasteiger partial charge on any atom is -0.322 e. The van der Waals surface area contributed by atoms with Gasteiger partial charge in [-0.05, 0) is 26.8 Å². The van der Waals surface area contributed by atoms with E-state index in [1.807, 2.05) is 0 Å². The molecule has 1 aliphatic heterocycles. The molecule has 0 spiro atoms. The van der Waals surface area contributed by atoms with Gasteiger partial charge in [0.05, 0.1) is 26.2 Å². The smallest absolute Gasteiger partial charge is 0.0916 e. The first-order valence-electron chi connectivity index (χ1n) is 11.8. The van der Waals surface area contributed by atoms with Crippen molar-refractivity contribution in [2.24, 2.45) is 0 Å². The van der Waals surface area contributed by atoms with E-state index in [1.54, 1.807) is 0 Å². The molecule has 0 radical (unpaired) electrons. The van der Waals surface area contributed by atoms with Gasteiger partial charge in [-0.15, -0.1) is 0 Å². The van der Waals surface area contributed by atoms with Crippen LogP contribution in [0.25, 0.3) is 0 Å². The lowest BCUT2D eigenvalue weighted by Gasteiger charge is -2.43. The van der Waals surface area contributed by atoms with Crippen LogP contribution in [0, 0.1) is 0 Å². The third kappa shape index (κ3) is 11.3. The Hall–Kier alpha value is -0.0800. The van der Waals surface area contributed by atoms with Gasteiger partial charge in [-0.1, -0.05) is 84.0 Å². The van der Waals surface area contributed by atoms with Crippen molar-refractivity contribution in [3.63, 3.8) is 0 Å². The van der Waals surface area contributed by atoms with Gasteiger partial charge in [-0.3, -0.25) is 4.90 Å². The largest absolute Gasteiger partial charge is 0.322 e. The molecule has 0 aromatic heterocycles. The quantitative estimate of drug-likeness (QED) is 0.234. The van der Waals surface area contributed by atoms with E-state index in [0.29, 0.717) is 0 Å². The molecule has 0 aromatic carbocycles. The number of hydrogen-bond acceptors (Lipinski definition) is 1. The van der Waals surface area contributed by atoms with Crippen LogP contribution in [0.15, 0.2) is 0 Å². The van der Waals surface area contributed by atoms with Gasteiger partial charge >= 0.3 is 0 Å². The number of hydrogen-bond donors (Lipinski definition) is 0. The van der Waals surface area contributed by atoms with Crippen LogP contribution in [0.3, 0.4) is 0 Å². The van der Waals surface area contributed by atoms with Crippen molar-refractivity contribution < 1.29 is 4.48 Å². The average molecular weight is 354 g/mol. The minimum absolute atomic E-state index is 1.30. The number of quaternary nitrogens is 1. The van der Waals surface area contributed by atoms with Crippen LogP contribution >= 0.6 is 0 Å². The van der Waals surface area contributed by atoms with Crippen LogP contribution in [-0.4, -0.2) is 55.7 Å². The highest BCUT2D eigenvalue weighted by atomic mass is 15.4. The predicted molar refractivity (Wildman–Crippen MR) is 113 cm³/mol. The number of piperazine rings is 1. The maximum absolute atomic E-state index is 2.50. The second-order valence-electron chi connectivity index (χ2n) is 8.73. The Balaban J connectivity index is 1.84. The fraction of sp³-hybridized carbons (Fsp3) is 1.00. The Morgan fingerprint density at radius 3 is 1.40 bits per heavy atom. The monoisotopic (exact) mass is 353 g/mol. The predicted octanol–water partition coefficient (Wildman–Crippen LogP) is 6.25. The maximum Gasteiger partial charge on any atom is 0.0916 e. The molecule has 1 aliphatic rings. The molecule has 1 fully saturated rings. The normalized spacial score (nSPS) is 17.9. The molecule has 150 valence electrons. The van der Waals surface area contributed by atoms with Crippen molar-refractivity contribution in [2.45, 2.75) is 104 Å². The molecular weight excluding hydrogens is 304 g/mol. The SMILES string of the molecule is CCCCCCCCCCCCCCCC[N+]1(CC)CCN(C)CC1. The van der Waals surface area contributed by atoms with Gasteiger partial charge in [-0.2, -0.15) is 0 Å².